The molecule has 0 bridgehead atoms. The summed E-state index contributed by atoms with van der Waals surface area (Å²) in [4.78, 5) is 12.3. The highest BCUT2D eigenvalue weighted by Gasteiger charge is 2.16. The first kappa shape index (κ1) is 22.4. The van der Waals surface area contributed by atoms with Gasteiger partial charge in [-0.1, -0.05) is 48.0 Å². The number of ether oxygens (including phenoxy) is 1. The molecule has 1 amide bonds. The molecule has 0 saturated carbocycles. The average Bonchev–Trinajstić information content (AvgIpc) is 2.75. The first-order valence-electron chi connectivity index (χ1n) is 9.92. The van der Waals surface area contributed by atoms with Gasteiger partial charge in [-0.3, -0.25) is 9.52 Å². The number of hydrogen-bond donors (Lipinski definition) is 2. The molecule has 2 N–H and O–H groups in total. The molecule has 1 atom stereocenters. The lowest BCUT2D eigenvalue weighted by atomic mass is 10.1. The molecule has 0 aliphatic heterocycles. The van der Waals surface area contributed by atoms with Crippen LogP contribution in [0.3, 0.4) is 0 Å². The van der Waals surface area contributed by atoms with Crippen LogP contribution in [0.5, 0.6) is 5.75 Å². The molecule has 162 valence electrons. The maximum atomic E-state index is 12.7. The zero-order valence-electron chi connectivity index (χ0n) is 17.8. The first-order valence-corrected chi connectivity index (χ1v) is 11.4. The highest BCUT2D eigenvalue weighted by molar-refractivity contribution is 7.92. The minimum absolute atomic E-state index is 0.125. The highest BCUT2D eigenvalue weighted by Crippen LogP contribution is 2.24. The Labute approximate surface area is 183 Å². The summed E-state index contributed by atoms with van der Waals surface area (Å²) in [6.07, 6.45) is 0. The zero-order chi connectivity index (χ0) is 22.4. The molecule has 3 aromatic rings. The van der Waals surface area contributed by atoms with E-state index in [1.807, 2.05) is 56.3 Å². The lowest BCUT2D eigenvalue weighted by Gasteiger charge is -2.15. The van der Waals surface area contributed by atoms with Crippen LogP contribution >= 0.6 is 0 Å². The molecule has 0 unspecified atom stereocenters. The molecule has 0 radical (unpaired) electrons. The predicted molar refractivity (Wildman–Crippen MR) is 122 cm³/mol. The van der Waals surface area contributed by atoms with Crippen LogP contribution in [0.2, 0.25) is 0 Å². The molecular weight excluding hydrogens is 412 g/mol. The average molecular weight is 439 g/mol. The Hall–Kier alpha value is -3.32. The molecule has 0 saturated heterocycles. The van der Waals surface area contributed by atoms with Gasteiger partial charge in [0.25, 0.3) is 15.9 Å². The van der Waals surface area contributed by atoms with Gasteiger partial charge in [0.2, 0.25) is 0 Å². The second-order valence-electron chi connectivity index (χ2n) is 7.39. The molecule has 0 fully saturated rings. The van der Waals surface area contributed by atoms with Crippen molar-refractivity contribution in [3.63, 3.8) is 0 Å². The molecule has 7 heteroatoms. The Morgan fingerprint density at radius 1 is 0.968 bits per heavy atom. The van der Waals surface area contributed by atoms with Gasteiger partial charge in [0, 0.05) is 5.69 Å². The number of benzene rings is 3. The maximum absolute atomic E-state index is 12.7. The molecule has 3 rings (SSSR count). The molecule has 0 heterocycles. The first-order chi connectivity index (χ1) is 14.7. The van der Waals surface area contributed by atoms with Crippen molar-refractivity contribution >= 4 is 21.6 Å². The van der Waals surface area contributed by atoms with E-state index in [2.05, 4.69) is 10.0 Å². The maximum Gasteiger partial charge on any atom is 0.261 e. The second kappa shape index (κ2) is 9.66. The van der Waals surface area contributed by atoms with E-state index in [0.717, 1.165) is 11.1 Å². The number of hydrogen-bond acceptors (Lipinski definition) is 4. The van der Waals surface area contributed by atoms with Gasteiger partial charge in [-0.05, 0) is 62.2 Å². The number of carbonyl (C=O) groups excluding carboxylic acids is 1. The second-order valence-corrected chi connectivity index (χ2v) is 9.07. The fraction of sp³-hybridized carbons (Fsp3) is 0.208. The van der Waals surface area contributed by atoms with Crippen molar-refractivity contribution in [3.8, 4) is 5.75 Å². The van der Waals surface area contributed by atoms with Gasteiger partial charge in [-0.25, -0.2) is 8.42 Å². The minimum Gasteiger partial charge on any atom is -0.484 e. The molecule has 0 aromatic heterocycles. The fourth-order valence-corrected chi connectivity index (χ4v) is 4.18. The van der Waals surface area contributed by atoms with Crippen molar-refractivity contribution in [2.75, 3.05) is 11.3 Å². The lowest BCUT2D eigenvalue weighted by Crippen LogP contribution is -2.31. The Morgan fingerprint density at radius 3 is 2.29 bits per heavy atom. The lowest BCUT2D eigenvalue weighted by molar-refractivity contribution is -0.123. The van der Waals surface area contributed by atoms with Gasteiger partial charge in [0.15, 0.2) is 6.61 Å². The van der Waals surface area contributed by atoms with Crippen molar-refractivity contribution in [3.05, 3.63) is 89.5 Å². The van der Waals surface area contributed by atoms with E-state index in [-0.39, 0.29) is 23.5 Å². The third-order valence-corrected chi connectivity index (χ3v) is 6.18. The van der Waals surface area contributed by atoms with Crippen LogP contribution in [0.4, 0.5) is 5.69 Å². The van der Waals surface area contributed by atoms with Crippen molar-refractivity contribution in [2.45, 2.75) is 31.7 Å². The summed E-state index contributed by atoms with van der Waals surface area (Å²) in [6.45, 7) is 5.42. The standard InChI is InChI=1S/C24H26N2O4S/c1-17-9-11-21(12-10-17)26-31(28,29)22-13-14-23(18(2)15-22)30-16-24(27)25-19(3)20-7-5-4-6-8-20/h4-15,19,26H,16H2,1-3H3,(H,25,27)/t19-/m1/s1. The van der Waals surface area contributed by atoms with Crippen LogP contribution in [0.1, 0.15) is 29.7 Å². The Kier molecular flexibility index (Phi) is 6.97. The number of nitrogens with one attached hydrogen (secondary N) is 2. The molecule has 0 aliphatic rings. The number of carbonyl (C=O) groups is 1. The summed E-state index contributed by atoms with van der Waals surface area (Å²) in [5.41, 5.74) is 3.16. The molecular formula is C24H26N2O4S. The third-order valence-electron chi connectivity index (χ3n) is 4.80. The van der Waals surface area contributed by atoms with Crippen molar-refractivity contribution < 1.29 is 17.9 Å². The van der Waals surface area contributed by atoms with E-state index in [9.17, 15) is 13.2 Å². The van der Waals surface area contributed by atoms with Crippen LogP contribution in [0, 0.1) is 13.8 Å². The van der Waals surface area contributed by atoms with Crippen molar-refractivity contribution in [1.29, 1.82) is 0 Å². The third kappa shape index (κ3) is 6.08. The van der Waals surface area contributed by atoms with E-state index in [1.54, 1.807) is 25.1 Å². The number of rotatable bonds is 8. The summed E-state index contributed by atoms with van der Waals surface area (Å²) in [5.74, 6) is 0.199. The Morgan fingerprint density at radius 2 is 1.65 bits per heavy atom. The van der Waals surface area contributed by atoms with Crippen molar-refractivity contribution in [1.82, 2.24) is 5.32 Å². The normalized spacial score (nSPS) is 12.1. The highest BCUT2D eigenvalue weighted by atomic mass is 32.2. The van der Waals surface area contributed by atoms with Crippen LogP contribution in [0.25, 0.3) is 0 Å². The van der Waals surface area contributed by atoms with Crippen LogP contribution in [-0.2, 0) is 14.8 Å². The van der Waals surface area contributed by atoms with Gasteiger partial charge in [0.1, 0.15) is 5.75 Å². The zero-order valence-corrected chi connectivity index (χ0v) is 18.6. The number of aryl methyl sites for hydroxylation is 2. The fourth-order valence-electron chi connectivity index (χ4n) is 3.04. The van der Waals surface area contributed by atoms with E-state index in [1.165, 1.54) is 12.1 Å². The summed E-state index contributed by atoms with van der Waals surface area (Å²) >= 11 is 0. The van der Waals surface area contributed by atoms with Gasteiger partial charge in [-0.15, -0.1) is 0 Å². The Bertz CT molecular complexity index is 1140. The number of anilines is 1. The van der Waals surface area contributed by atoms with Gasteiger partial charge < -0.3 is 10.1 Å². The van der Waals surface area contributed by atoms with Gasteiger partial charge >= 0.3 is 0 Å². The smallest absolute Gasteiger partial charge is 0.261 e. The van der Waals surface area contributed by atoms with E-state index < -0.39 is 10.0 Å². The topological polar surface area (TPSA) is 84.5 Å². The Balaban J connectivity index is 1.61. The monoisotopic (exact) mass is 438 g/mol. The molecule has 0 spiro atoms. The molecule has 6 nitrogen and oxygen atoms in total. The molecule has 0 aliphatic carbocycles. The van der Waals surface area contributed by atoms with Crippen LogP contribution in [-0.4, -0.2) is 20.9 Å². The number of amides is 1. The van der Waals surface area contributed by atoms with Crippen LogP contribution in [0.15, 0.2) is 77.7 Å². The molecule has 3 aromatic carbocycles. The van der Waals surface area contributed by atoms with Gasteiger partial charge in [0.05, 0.1) is 10.9 Å². The predicted octanol–water partition coefficient (Wildman–Crippen LogP) is 4.36. The number of sulfonamides is 1. The quantitative estimate of drug-likeness (QED) is 0.547. The van der Waals surface area contributed by atoms with E-state index >= 15 is 0 Å². The SMILES string of the molecule is Cc1ccc(NS(=O)(=O)c2ccc(OCC(=O)N[C@H](C)c3ccccc3)c(C)c2)cc1. The van der Waals surface area contributed by atoms with Crippen molar-refractivity contribution in [2.24, 2.45) is 0 Å². The minimum atomic E-state index is -3.73. The molecule has 31 heavy (non-hydrogen) atoms. The van der Waals surface area contributed by atoms with E-state index in [4.69, 9.17) is 4.74 Å². The van der Waals surface area contributed by atoms with E-state index in [0.29, 0.717) is 17.0 Å². The van der Waals surface area contributed by atoms with Gasteiger partial charge in [-0.2, -0.15) is 0 Å². The largest absolute Gasteiger partial charge is 0.484 e. The summed E-state index contributed by atoms with van der Waals surface area (Å²) in [5, 5.41) is 2.88. The summed E-state index contributed by atoms with van der Waals surface area (Å²) < 4.78 is 33.5. The summed E-state index contributed by atoms with van der Waals surface area (Å²) in [6, 6.07) is 21.2. The summed E-state index contributed by atoms with van der Waals surface area (Å²) in [7, 11) is -3.73. The van der Waals surface area contributed by atoms with Crippen LogP contribution < -0.4 is 14.8 Å².